The molecule has 0 atom stereocenters. The summed E-state index contributed by atoms with van der Waals surface area (Å²) in [5.74, 6) is -0.697. The molecule has 0 fully saturated rings. The third kappa shape index (κ3) is 1.54. The largest absolute Gasteiger partial charge is 0.240 e. The number of halogens is 1. The van der Waals surface area contributed by atoms with Crippen LogP contribution in [0.4, 0.5) is 10.1 Å². The van der Waals surface area contributed by atoms with Crippen molar-refractivity contribution in [3.63, 3.8) is 0 Å². The molecule has 0 aromatic heterocycles. The van der Waals surface area contributed by atoms with Crippen LogP contribution in [-0.2, 0) is 4.79 Å². The van der Waals surface area contributed by atoms with E-state index in [0.29, 0.717) is 0 Å². The number of benzene rings is 1. The van der Waals surface area contributed by atoms with Gasteiger partial charge in [0.25, 0.3) is 0 Å². The summed E-state index contributed by atoms with van der Waals surface area (Å²) in [6.07, 6.45) is 1.21. The van der Waals surface area contributed by atoms with Crippen molar-refractivity contribution in [2.24, 2.45) is 4.99 Å². The zero-order chi connectivity index (χ0) is 8.97. The maximum absolute atomic E-state index is 12.8. The topological polar surface area (TPSA) is 53.2 Å². The molecule has 0 bridgehead atoms. The molecule has 0 unspecified atom stereocenters. The number of aliphatic imine (C=N–C) groups is 1. The van der Waals surface area contributed by atoms with Crippen molar-refractivity contribution in [1.29, 1.82) is 5.26 Å². The van der Waals surface area contributed by atoms with Gasteiger partial charge in [-0.15, -0.1) is 0 Å². The van der Waals surface area contributed by atoms with Gasteiger partial charge in [-0.2, -0.15) is 10.3 Å². The molecule has 1 aromatic rings. The predicted octanol–water partition coefficient (Wildman–Crippen LogP) is 1.66. The van der Waals surface area contributed by atoms with Crippen LogP contribution in [0.1, 0.15) is 5.56 Å². The Morgan fingerprint density at radius 1 is 1.50 bits per heavy atom. The van der Waals surface area contributed by atoms with Crippen LogP contribution in [0.3, 0.4) is 0 Å². The molecule has 0 spiro atoms. The van der Waals surface area contributed by atoms with E-state index in [-0.39, 0.29) is 11.3 Å². The Morgan fingerprint density at radius 2 is 2.25 bits per heavy atom. The van der Waals surface area contributed by atoms with Crippen LogP contribution in [0, 0.1) is 17.1 Å². The van der Waals surface area contributed by atoms with Gasteiger partial charge < -0.3 is 0 Å². The molecule has 0 amide bonds. The molecular weight excluding hydrogens is 159 g/mol. The number of nitrogens with zero attached hydrogens (tertiary/aromatic N) is 2. The maximum atomic E-state index is 12.8. The van der Waals surface area contributed by atoms with Gasteiger partial charge in [0, 0.05) is 0 Å². The van der Waals surface area contributed by atoms with Crippen LogP contribution in [0.2, 0.25) is 0 Å². The molecule has 3 nitrogen and oxygen atoms in total. The van der Waals surface area contributed by atoms with Gasteiger partial charge in [0.2, 0.25) is 6.08 Å². The fraction of sp³-hybridized carbons (Fsp3) is 0. The Labute approximate surface area is 67.8 Å². The highest BCUT2D eigenvalue weighted by Gasteiger charge is 2.00. The molecule has 0 saturated carbocycles. The number of isocyanates is 1. The summed E-state index contributed by atoms with van der Waals surface area (Å²) in [5, 5.41) is 8.36. The average Bonchev–Trinajstić information content (AvgIpc) is 2.09. The quantitative estimate of drug-likeness (QED) is 0.465. The van der Waals surface area contributed by atoms with Crippen molar-refractivity contribution in [3.8, 4) is 6.07 Å². The third-order valence-corrected chi connectivity index (χ3v) is 1.24. The maximum Gasteiger partial charge on any atom is 0.240 e. The van der Waals surface area contributed by atoms with E-state index in [2.05, 4.69) is 4.99 Å². The highest BCUT2D eigenvalue weighted by molar-refractivity contribution is 5.51. The van der Waals surface area contributed by atoms with Gasteiger partial charge in [-0.05, 0) is 18.2 Å². The Kier molecular flexibility index (Phi) is 2.32. The van der Waals surface area contributed by atoms with Gasteiger partial charge in [-0.3, -0.25) is 0 Å². The smallest absolute Gasteiger partial charge is 0.211 e. The van der Waals surface area contributed by atoms with Gasteiger partial charge >= 0.3 is 0 Å². The normalized spacial score (nSPS) is 8.33. The van der Waals surface area contributed by atoms with Crippen LogP contribution in [0.25, 0.3) is 0 Å². The van der Waals surface area contributed by atoms with Gasteiger partial charge in [-0.1, -0.05) is 0 Å². The van der Waals surface area contributed by atoms with Crippen LogP contribution in [0.15, 0.2) is 23.2 Å². The Bertz CT molecular complexity index is 389. The molecular formula is C8H3FN2O. The molecule has 58 valence electrons. The van der Waals surface area contributed by atoms with Crippen LogP contribution in [0.5, 0.6) is 0 Å². The van der Waals surface area contributed by atoms with E-state index in [1.54, 1.807) is 6.07 Å². The van der Waals surface area contributed by atoms with Crippen LogP contribution in [-0.4, -0.2) is 6.08 Å². The highest BCUT2D eigenvalue weighted by atomic mass is 19.1. The Morgan fingerprint density at radius 3 is 2.75 bits per heavy atom. The van der Waals surface area contributed by atoms with E-state index in [0.717, 1.165) is 6.07 Å². The molecule has 0 radical (unpaired) electrons. The Balaban J connectivity index is 3.22. The molecule has 1 rings (SSSR count). The summed E-state index contributed by atoms with van der Waals surface area (Å²) >= 11 is 0. The second kappa shape index (κ2) is 3.42. The minimum atomic E-state index is -0.697. The van der Waals surface area contributed by atoms with Crippen molar-refractivity contribution < 1.29 is 9.18 Å². The predicted molar refractivity (Wildman–Crippen MR) is 38.9 cm³/mol. The van der Waals surface area contributed by atoms with E-state index in [1.807, 2.05) is 0 Å². The van der Waals surface area contributed by atoms with Crippen LogP contribution < -0.4 is 0 Å². The van der Waals surface area contributed by atoms with Gasteiger partial charge in [0.05, 0.1) is 11.6 Å². The molecule has 12 heavy (non-hydrogen) atoms. The number of nitriles is 1. The second-order valence-electron chi connectivity index (χ2n) is 1.98. The second-order valence-corrected chi connectivity index (χ2v) is 1.98. The molecule has 0 heterocycles. The highest BCUT2D eigenvalue weighted by Crippen LogP contribution is 2.17. The van der Waals surface area contributed by atoms with Crippen molar-refractivity contribution in [2.45, 2.75) is 0 Å². The van der Waals surface area contributed by atoms with Crippen molar-refractivity contribution in [3.05, 3.63) is 29.6 Å². The van der Waals surface area contributed by atoms with E-state index in [1.165, 1.54) is 18.2 Å². The Hall–Kier alpha value is -1.98. The molecule has 1 aromatic carbocycles. The minimum absolute atomic E-state index is 0.107. The number of hydrogen-bond acceptors (Lipinski definition) is 3. The lowest BCUT2D eigenvalue weighted by molar-refractivity contribution is 0.564. The van der Waals surface area contributed by atoms with Crippen molar-refractivity contribution in [1.82, 2.24) is 0 Å². The van der Waals surface area contributed by atoms with Crippen molar-refractivity contribution in [2.75, 3.05) is 0 Å². The molecule has 0 saturated heterocycles. The monoisotopic (exact) mass is 162 g/mol. The lowest BCUT2D eigenvalue weighted by atomic mass is 10.2. The standard InChI is InChI=1S/C8H3FN2O/c9-7-3-6(4-10)1-2-8(7)11-5-12/h1-3H. The molecule has 4 heteroatoms. The average molecular weight is 162 g/mol. The van der Waals surface area contributed by atoms with Crippen molar-refractivity contribution >= 4 is 11.8 Å². The molecule has 0 aliphatic rings. The van der Waals surface area contributed by atoms with E-state index < -0.39 is 5.82 Å². The lowest BCUT2D eigenvalue weighted by Gasteiger charge is -1.92. The van der Waals surface area contributed by atoms with Crippen LogP contribution >= 0.6 is 0 Å². The summed E-state index contributed by atoms with van der Waals surface area (Å²) < 4.78 is 12.8. The first-order valence-electron chi connectivity index (χ1n) is 3.05. The zero-order valence-electron chi connectivity index (χ0n) is 5.91. The summed E-state index contributed by atoms with van der Waals surface area (Å²) in [6, 6.07) is 5.39. The summed E-state index contributed by atoms with van der Waals surface area (Å²) in [6.45, 7) is 0. The summed E-state index contributed by atoms with van der Waals surface area (Å²) in [5.41, 5.74) is 0.0846. The molecule has 0 aliphatic heterocycles. The van der Waals surface area contributed by atoms with E-state index in [9.17, 15) is 9.18 Å². The van der Waals surface area contributed by atoms with Gasteiger partial charge in [0.1, 0.15) is 5.69 Å². The first kappa shape index (κ1) is 8.12. The molecule has 0 aliphatic carbocycles. The third-order valence-electron chi connectivity index (χ3n) is 1.24. The number of hydrogen-bond donors (Lipinski definition) is 0. The zero-order valence-corrected chi connectivity index (χ0v) is 5.91. The van der Waals surface area contributed by atoms with E-state index >= 15 is 0 Å². The first-order valence-corrected chi connectivity index (χ1v) is 3.05. The fourth-order valence-electron chi connectivity index (χ4n) is 0.716. The van der Waals surface area contributed by atoms with E-state index in [4.69, 9.17) is 5.26 Å². The first-order chi connectivity index (χ1) is 5.77. The molecule has 0 N–H and O–H groups in total. The van der Waals surface area contributed by atoms with Gasteiger partial charge in [0.15, 0.2) is 5.82 Å². The SMILES string of the molecule is N#Cc1ccc(N=C=O)c(F)c1. The number of rotatable bonds is 1. The van der Waals surface area contributed by atoms with Gasteiger partial charge in [-0.25, -0.2) is 9.18 Å². The summed E-state index contributed by atoms with van der Waals surface area (Å²) in [4.78, 5) is 12.8. The minimum Gasteiger partial charge on any atom is -0.211 e. The number of carbonyl (C=O) groups excluding carboxylic acids is 1. The lowest BCUT2D eigenvalue weighted by Crippen LogP contribution is -1.78. The fourth-order valence-corrected chi connectivity index (χ4v) is 0.716. The summed E-state index contributed by atoms with van der Waals surface area (Å²) in [7, 11) is 0.